The molecule has 2 atom stereocenters. The molecule has 1 saturated carbocycles. The highest BCUT2D eigenvalue weighted by molar-refractivity contribution is 5.91. The fourth-order valence-corrected chi connectivity index (χ4v) is 3.78. The lowest BCUT2D eigenvalue weighted by Crippen LogP contribution is -2.47. The molecule has 2 aliphatic rings. The van der Waals surface area contributed by atoms with Crippen LogP contribution in [0.2, 0.25) is 0 Å². The number of rotatable bonds is 6. The van der Waals surface area contributed by atoms with Gasteiger partial charge in [0.1, 0.15) is 5.76 Å². The minimum absolute atomic E-state index is 0.00296. The number of amides is 1. The van der Waals surface area contributed by atoms with Gasteiger partial charge in [-0.25, -0.2) is 0 Å². The lowest BCUT2D eigenvalue weighted by Gasteiger charge is -2.38. The highest BCUT2D eigenvalue weighted by Crippen LogP contribution is 2.32. The third-order valence-electron chi connectivity index (χ3n) is 5.49. The number of ether oxygens (including phenoxy) is 1. The van der Waals surface area contributed by atoms with E-state index in [0.29, 0.717) is 11.7 Å². The Hall–Kier alpha value is -2.07. The average Bonchev–Trinajstić information content (AvgIpc) is 3.39. The molecule has 26 heavy (non-hydrogen) atoms. The number of nitrogens with zero attached hydrogens (tertiary/aromatic N) is 1. The van der Waals surface area contributed by atoms with Crippen LogP contribution in [0.15, 0.2) is 46.9 Å². The SMILES string of the molecule is Cc1ccc(C(=O)N2CC[C@H](OCC3CC3)[C@@H](Cc3ccccc3)C2)o1. The van der Waals surface area contributed by atoms with Crippen molar-refractivity contribution < 1.29 is 13.9 Å². The van der Waals surface area contributed by atoms with Crippen LogP contribution >= 0.6 is 0 Å². The van der Waals surface area contributed by atoms with Crippen LogP contribution < -0.4 is 0 Å². The van der Waals surface area contributed by atoms with Crippen molar-refractivity contribution in [1.29, 1.82) is 0 Å². The van der Waals surface area contributed by atoms with E-state index in [1.807, 2.05) is 24.0 Å². The second kappa shape index (κ2) is 7.67. The Kier molecular flexibility index (Phi) is 5.11. The van der Waals surface area contributed by atoms with Crippen molar-refractivity contribution in [3.63, 3.8) is 0 Å². The second-order valence-corrected chi connectivity index (χ2v) is 7.72. The number of carbonyl (C=O) groups excluding carboxylic acids is 1. The van der Waals surface area contributed by atoms with E-state index in [1.54, 1.807) is 6.07 Å². The predicted molar refractivity (Wildman–Crippen MR) is 100 cm³/mol. The van der Waals surface area contributed by atoms with E-state index in [1.165, 1.54) is 18.4 Å². The molecule has 4 nitrogen and oxygen atoms in total. The van der Waals surface area contributed by atoms with E-state index in [0.717, 1.165) is 44.2 Å². The van der Waals surface area contributed by atoms with Crippen LogP contribution in [0.1, 0.15) is 41.1 Å². The summed E-state index contributed by atoms with van der Waals surface area (Å²) in [5, 5.41) is 0. The number of carbonyl (C=O) groups is 1. The molecule has 0 spiro atoms. The molecule has 2 heterocycles. The zero-order chi connectivity index (χ0) is 17.9. The van der Waals surface area contributed by atoms with Crippen LogP contribution in [-0.4, -0.2) is 36.6 Å². The van der Waals surface area contributed by atoms with Crippen molar-refractivity contribution in [2.45, 2.75) is 38.7 Å². The summed E-state index contributed by atoms with van der Waals surface area (Å²) in [5.41, 5.74) is 1.31. The van der Waals surface area contributed by atoms with Gasteiger partial charge in [-0.05, 0) is 56.2 Å². The maximum atomic E-state index is 12.8. The van der Waals surface area contributed by atoms with Crippen LogP contribution in [0.25, 0.3) is 0 Å². The number of hydrogen-bond acceptors (Lipinski definition) is 3. The van der Waals surface area contributed by atoms with Crippen LogP contribution in [0.4, 0.5) is 0 Å². The predicted octanol–water partition coefficient (Wildman–Crippen LogP) is 4.09. The fraction of sp³-hybridized carbons (Fsp3) is 0.500. The normalized spacial score (nSPS) is 23.2. The number of hydrogen-bond donors (Lipinski definition) is 0. The third-order valence-corrected chi connectivity index (χ3v) is 5.49. The maximum Gasteiger partial charge on any atom is 0.289 e. The van der Waals surface area contributed by atoms with E-state index < -0.39 is 0 Å². The van der Waals surface area contributed by atoms with Gasteiger partial charge >= 0.3 is 0 Å². The quantitative estimate of drug-likeness (QED) is 0.786. The van der Waals surface area contributed by atoms with Crippen LogP contribution in [0.5, 0.6) is 0 Å². The van der Waals surface area contributed by atoms with Gasteiger partial charge in [-0.1, -0.05) is 30.3 Å². The van der Waals surface area contributed by atoms with E-state index in [-0.39, 0.29) is 12.0 Å². The Morgan fingerprint density at radius 2 is 1.96 bits per heavy atom. The molecule has 138 valence electrons. The molecular weight excluding hydrogens is 326 g/mol. The summed E-state index contributed by atoms with van der Waals surface area (Å²) in [4.78, 5) is 14.7. The molecule has 0 unspecified atom stereocenters. The number of furan rings is 1. The Balaban J connectivity index is 1.45. The standard InChI is InChI=1S/C22H27NO3/c1-16-7-10-21(26-16)22(24)23-12-11-20(25-15-18-8-9-18)19(14-23)13-17-5-3-2-4-6-17/h2-7,10,18-20H,8-9,11-15H2,1H3/t19-,20-/m0/s1. The van der Waals surface area contributed by atoms with Crippen molar-refractivity contribution in [2.75, 3.05) is 19.7 Å². The van der Waals surface area contributed by atoms with Gasteiger partial charge in [0.2, 0.25) is 0 Å². The molecule has 2 aromatic rings. The largest absolute Gasteiger partial charge is 0.456 e. The Bertz CT molecular complexity index is 735. The van der Waals surface area contributed by atoms with E-state index in [9.17, 15) is 4.79 Å². The molecule has 0 bridgehead atoms. The fourth-order valence-electron chi connectivity index (χ4n) is 3.78. The van der Waals surface area contributed by atoms with Gasteiger partial charge in [0, 0.05) is 25.6 Å². The summed E-state index contributed by atoms with van der Waals surface area (Å²) in [5.74, 6) is 2.30. The number of piperidine rings is 1. The summed E-state index contributed by atoms with van der Waals surface area (Å²) < 4.78 is 11.8. The molecule has 4 heteroatoms. The molecule has 1 aromatic carbocycles. The first-order valence-corrected chi connectivity index (χ1v) is 9.70. The van der Waals surface area contributed by atoms with Gasteiger partial charge in [0.25, 0.3) is 5.91 Å². The Labute approximate surface area is 155 Å². The lowest BCUT2D eigenvalue weighted by atomic mass is 9.88. The molecule has 0 N–H and O–H groups in total. The summed E-state index contributed by atoms with van der Waals surface area (Å²) in [6.45, 7) is 4.20. The van der Waals surface area contributed by atoms with Gasteiger partial charge in [-0.2, -0.15) is 0 Å². The zero-order valence-corrected chi connectivity index (χ0v) is 15.4. The van der Waals surface area contributed by atoms with E-state index in [4.69, 9.17) is 9.15 Å². The Morgan fingerprint density at radius 3 is 2.65 bits per heavy atom. The molecule has 1 saturated heterocycles. The molecule has 1 aliphatic carbocycles. The summed E-state index contributed by atoms with van der Waals surface area (Å²) in [7, 11) is 0. The molecule has 1 amide bonds. The van der Waals surface area contributed by atoms with Gasteiger partial charge in [0.15, 0.2) is 5.76 Å². The molecule has 0 radical (unpaired) electrons. The first kappa shape index (κ1) is 17.3. The maximum absolute atomic E-state index is 12.8. The second-order valence-electron chi connectivity index (χ2n) is 7.72. The first-order chi connectivity index (χ1) is 12.7. The lowest BCUT2D eigenvalue weighted by molar-refractivity contribution is -0.0331. The third kappa shape index (κ3) is 4.18. The van der Waals surface area contributed by atoms with Gasteiger partial charge in [-0.15, -0.1) is 0 Å². The molecular formula is C22H27NO3. The first-order valence-electron chi connectivity index (χ1n) is 9.70. The molecule has 4 rings (SSSR count). The van der Waals surface area contributed by atoms with Gasteiger partial charge in [-0.3, -0.25) is 4.79 Å². The highest BCUT2D eigenvalue weighted by Gasteiger charge is 2.34. The van der Waals surface area contributed by atoms with Crippen molar-refractivity contribution >= 4 is 5.91 Å². The minimum Gasteiger partial charge on any atom is -0.456 e. The Morgan fingerprint density at radius 1 is 1.15 bits per heavy atom. The number of likely N-dealkylation sites (tertiary alicyclic amines) is 1. The smallest absolute Gasteiger partial charge is 0.289 e. The van der Waals surface area contributed by atoms with Crippen LogP contribution in [0.3, 0.4) is 0 Å². The highest BCUT2D eigenvalue weighted by atomic mass is 16.5. The van der Waals surface area contributed by atoms with Crippen molar-refractivity contribution in [3.8, 4) is 0 Å². The minimum atomic E-state index is -0.00296. The number of benzene rings is 1. The molecule has 2 fully saturated rings. The average molecular weight is 353 g/mol. The summed E-state index contributed by atoms with van der Waals surface area (Å²) in [6.07, 6.45) is 4.68. The van der Waals surface area contributed by atoms with Crippen molar-refractivity contribution in [1.82, 2.24) is 4.90 Å². The number of aryl methyl sites for hydroxylation is 1. The van der Waals surface area contributed by atoms with Crippen LogP contribution in [-0.2, 0) is 11.2 Å². The topological polar surface area (TPSA) is 42.7 Å². The summed E-state index contributed by atoms with van der Waals surface area (Å²) >= 11 is 0. The monoisotopic (exact) mass is 353 g/mol. The van der Waals surface area contributed by atoms with Gasteiger partial charge < -0.3 is 14.1 Å². The van der Waals surface area contributed by atoms with Crippen molar-refractivity contribution in [3.05, 3.63) is 59.5 Å². The summed E-state index contributed by atoms with van der Waals surface area (Å²) in [6, 6.07) is 14.1. The van der Waals surface area contributed by atoms with E-state index in [2.05, 4.69) is 24.3 Å². The zero-order valence-electron chi connectivity index (χ0n) is 15.4. The molecule has 1 aromatic heterocycles. The van der Waals surface area contributed by atoms with Crippen molar-refractivity contribution in [2.24, 2.45) is 11.8 Å². The van der Waals surface area contributed by atoms with E-state index >= 15 is 0 Å². The van der Waals surface area contributed by atoms with Gasteiger partial charge in [0.05, 0.1) is 6.10 Å². The molecule has 1 aliphatic heterocycles. The van der Waals surface area contributed by atoms with Crippen LogP contribution in [0, 0.1) is 18.8 Å².